The summed E-state index contributed by atoms with van der Waals surface area (Å²) in [5.74, 6) is 0.0834. The molecule has 1 aliphatic rings. The molecule has 1 amide bonds. The van der Waals surface area contributed by atoms with E-state index >= 15 is 0 Å². The molecule has 2 aromatic rings. The van der Waals surface area contributed by atoms with E-state index in [-0.39, 0.29) is 11.9 Å². The zero-order chi connectivity index (χ0) is 14.5. The van der Waals surface area contributed by atoms with Crippen molar-refractivity contribution < 1.29 is 4.79 Å². The molecule has 0 bridgehead atoms. The summed E-state index contributed by atoms with van der Waals surface area (Å²) in [6.45, 7) is 4.01. The number of amides is 1. The number of hydrogen-bond acceptors (Lipinski definition) is 2. The van der Waals surface area contributed by atoms with Gasteiger partial charge in [0.1, 0.15) is 0 Å². The largest absolute Gasteiger partial charge is 0.325 e. The Kier molecular flexibility index (Phi) is 2.83. The summed E-state index contributed by atoms with van der Waals surface area (Å²) in [6.07, 6.45) is 0. The van der Waals surface area contributed by atoms with Crippen LogP contribution in [0.1, 0.15) is 25.5 Å². The van der Waals surface area contributed by atoms with Gasteiger partial charge in [-0.3, -0.25) is 4.79 Å². The standard InChI is InChI=1S/C17H20N2O/c1-17(2)15(19(3)4)13-10-9-11-7-5-6-8-12(11)14(13)18-16(17)20/h5-10,15H,1-4H3,(H,18,20). The number of fused-ring (bicyclic) bond motifs is 3. The van der Waals surface area contributed by atoms with Gasteiger partial charge in [0.05, 0.1) is 17.1 Å². The molecular weight excluding hydrogens is 248 g/mol. The molecular formula is C17H20N2O. The molecule has 20 heavy (non-hydrogen) atoms. The van der Waals surface area contributed by atoms with Crippen molar-refractivity contribution in [2.75, 3.05) is 19.4 Å². The van der Waals surface area contributed by atoms with E-state index in [4.69, 9.17) is 0 Å². The highest BCUT2D eigenvalue weighted by Gasteiger charge is 2.44. The lowest BCUT2D eigenvalue weighted by Crippen LogP contribution is -2.46. The van der Waals surface area contributed by atoms with Crippen molar-refractivity contribution in [1.29, 1.82) is 0 Å². The molecule has 1 N–H and O–H groups in total. The minimum atomic E-state index is -0.445. The number of nitrogens with one attached hydrogen (secondary N) is 1. The fourth-order valence-corrected chi connectivity index (χ4v) is 3.37. The molecule has 104 valence electrons. The Labute approximate surface area is 119 Å². The Hall–Kier alpha value is -1.87. The van der Waals surface area contributed by atoms with Crippen molar-refractivity contribution in [3.05, 3.63) is 42.0 Å². The highest BCUT2D eigenvalue weighted by molar-refractivity contribution is 6.07. The van der Waals surface area contributed by atoms with Crippen LogP contribution in [0, 0.1) is 5.41 Å². The molecule has 1 atom stereocenters. The second kappa shape index (κ2) is 4.32. The van der Waals surface area contributed by atoms with Gasteiger partial charge in [-0.05, 0) is 38.9 Å². The Morgan fingerprint density at radius 1 is 1.10 bits per heavy atom. The van der Waals surface area contributed by atoms with E-state index in [2.05, 4.69) is 34.5 Å². The molecule has 3 heteroatoms. The van der Waals surface area contributed by atoms with Crippen molar-refractivity contribution >= 4 is 22.4 Å². The fourth-order valence-electron chi connectivity index (χ4n) is 3.37. The van der Waals surface area contributed by atoms with Gasteiger partial charge >= 0.3 is 0 Å². The summed E-state index contributed by atoms with van der Waals surface area (Å²) in [5, 5.41) is 5.38. The van der Waals surface area contributed by atoms with Crippen LogP contribution in [0.25, 0.3) is 10.8 Å². The second-order valence-electron chi connectivity index (χ2n) is 6.29. The second-order valence-corrected chi connectivity index (χ2v) is 6.29. The maximum atomic E-state index is 12.5. The molecule has 1 unspecified atom stereocenters. The Balaban J connectivity index is 2.31. The number of anilines is 1. The van der Waals surface area contributed by atoms with E-state index in [9.17, 15) is 4.79 Å². The number of hydrogen-bond donors (Lipinski definition) is 1. The van der Waals surface area contributed by atoms with E-state index in [1.54, 1.807) is 0 Å². The molecule has 0 spiro atoms. The summed E-state index contributed by atoms with van der Waals surface area (Å²) < 4.78 is 0. The number of benzene rings is 2. The minimum absolute atomic E-state index is 0.0795. The molecule has 3 nitrogen and oxygen atoms in total. The maximum absolute atomic E-state index is 12.5. The highest BCUT2D eigenvalue weighted by atomic mass is 16.2. The first kappa shape index (κ1) is 13.1. The maximum Gasteiger partial charge on any atom is 0.231 e. The van der Waals surface area contributed by atoms with Crippen LogP contribution in [-0.2, 0) is 4.79 Å². The average Bonchev–Trinajstić information content (AvgIpc) is 2.39. The van der Waals surface area contributed by atoms with E-state index in [0.29, 0.717) is 0 Å². The molecule has 0 saturated carbocycles. The van der Waals surface area contributed by atoms with Gasteiger partial charge in [0, 0.05) is 5.39 Å². The van der Waals surface area contributed by atoms with Crippen LogP contribution < -0.4 is 5.32 Å². The van der Waals surface area contributed by atoms with E-state index in [1.165, 1.54) is 5.56 Å². The van der Waals surface area contributed by atoms with Crippen molar-refractivity contribution in [1.82, 2.24) is 4.90 Å². The van der Waals surface area contributed by atoms with Gasteiger partial charge in [0.25, 0.3) is 0 Å². The van der Waals surface area contributed by atoms with Gasteiger partial charge in [0.2, 0.25) is 5.91 Å². The smallest absolute Gasteiger partial charge is 0.231 e. The zero-order valence-corrected chi connectivity index (χ0v) is 12.4. The first-order valence-corrected chi connectivity index (χ1v) is 6.92. The van der Waals surface area contributed by atoms with Crippen molar-refractivity contribution in [2.45, 2.75) is 19.9 Å². The molecule has 0 fully saturated rings. The SMILES string of the molecule is CN(C)C1c2ccc3ccccc3c2NC(=O)C1(C)C. The number of carbonyl (C=O) groups excluding carboxylic acids is 1. The van der Waals surface area contributed by atoms with Crippen molar-refractivity contribution in [3.8, 4) is 0 Å². The Morgan fingerprint density at radius 3 is 2.50 bits per heavy atom. The van der Waals surface area contributed by atoms with Gasteiger partial charge in [0.15, 0.2) is 0 Å². The van der Waals surface area contributed by atoms with Crippen LogP contribution in [-0.4, -0.2) is 24.9 Å². The van der Waals surface area contributed by atoms with Crippen LogP contribution in [0.15, 0.2) is 36.4 Å². The lowest BCUT2D eigenvalue weighted by Gasteiger charge is -2.42. The third kappa shape index (κ3) is 1.74. The lowest BCUT2D eigenvalue weighted by atomic mass is 9.75. The first-order chi connectivity index (χ1) is 9.43. The molecule has 0 aliphatic carbocycles. The van der Waals surface area contributed by atoms with Crippen LogP contribution in [0.2, 0.25) is 0 Å². The topological polar surface area (TPSA) is 32.3 Å². The quantitative estimate of drug-likeness (QED) is 0.859. The molecule has 0 radical (unpaired) electrons. The van der Waals surface area contributed by atoms with Gasteiger partial charge < -0.3 is 10.2 Å². The Morgan fingerprint density at radius 2 is 1.80 bits per heavy atom. The molecule has 0 aromatic heterocycles. The predicted octanol–water partition coefficient (Wildman–Crippen LogP) is 3.42. The monoisotopic (exact) mass is 268 g/mol. The summed E-state index contributed by atoms with van der Waals surface area (Å²) in [6, 6.07) is 12.5. The van der Waals surface area contributed by atoms with Crippen molar-refractivity contribution in [3.63, 3.8) is 0 Å². The van der Waals surface area contributed by atoms with Crippen LogP contribution in [0.5, 0.6) is 0 Å². The summed E-state index contributed by atoms with van der Waals surface area (Å²) in [5.41, 5.74) is 1.71. The van der Waals surface area contributed by atoms with Gasteiger partial charge in [-0.15, -0.1) is 0 Å². The summed E-state index contributed by atoms with van der Waals surface area (Å²) in [7, 11) is 4.06. The van der Waals surface area contributed by atoms with Crippen molar-refractivity contribution in [2.24, 2.45) is 5.41 Å². The number of rotatable bonds is 1. The molecule has 2 aromatic carbocycles. The van der Waals surface area contributed by atoms with E-state index in [0.717, 1.165) is 16.5 Å². The van der Waals surface area contributed by atoms with Crippen LogP contribution in [0.3, 0.4) is 0 Å². The van der Waals surface area contributed by atoms with Gasteiger partial charge in [-0.1, -0.05) is 36.4 Å². The normalized spacial score (nSPS) is 20.9. The van der Waals surface area contributed by atoms with Gasteiger partial charge in [-0.25, -0.2) is 0 Å². The highest BCUT2D eigenvalue weighted by Crippen LogP contribution is 2.46. The molecule has 3 rings (SSSR count). The third-order valence-corrected chi connectivity index (χ3v) is 4.28. The van der Waals surface area contributed by atoms with Gasteiger partial charge in [-0.2, -0.15) is 0 Å². The minimum Gasteiger partial charge on any atom is -0.325 e. The van der Waals surface area contributed by atoms with E-state index in [1.807, 2.05) is 40.1 Å². The number of nitrogens with zero attached hydrogens (tertiary/aromatic N) is 1. The fraction of sp³-hybridized carbons (Fsp3) is 0.353. The molecule has 0 saturated heterocycles. The zero-order valence-electron chi connectivity index (χ0n) is 12.4. The van der Waals surface area contributed by atoms with Crippen LogP contribution in [0.4, 0.5) is 5.69 Å². The predicted molar refractivity (Wildman–Crippen MR) is 82.8 cm³/mol. The third-order valence-electron chi connectivity index (χ3n) is 4.28. The Bertz CT molecular complexity index is 688. The molecule has 1 aliphatic heterocycles. The number of carbonyl (C=O) groups is 1. The summed E-state index contributed by atoms with van der Waals surface area (Å²) >= 11 is 0. The van der Waals surface area contributed by atoms with E-state index < -0.39 is 5.41 Å². The first-order valence-electron chi connectivity index (χ1n) is 6.92. The van der Waals surface area contributed by atoms with Crippen LogP contribution >= 0.6 is 0 Å². The summed E-state index contributed by atoms with van der Waals surface area (Å²) in [4.78, 5) is 14.6. The lowest BCUT2D eigenvalue weighted by molar-refractivity contribution is -0.127. The molecule has 1 heterocycles. The average molecular weight is 268 g/mol.